The number of hydrogen-bond donors (Lipinski definition) is 2. The molecule has 0 spiro atoms. The number of thiophene rings is 1. The fraction of sp³-hybridized carbons (Fsp3) is 0.188. The highest BCUT2D eigenvalue weighted by atomic mass is 32.2. The fourth-order valence-electron chi connectivity index (χ4n) is 2.17. The summed E-state index contributed by atoms with van der Waals surface area (Å²) in [6, 6.07) is 9.70. The predicted octanol–water partition coefficient (Wildman–Crippen LogP) is 3.36. The topological polar surface area (TPSA) is 83.0 Å². The fourth-order valence-corrected chi connectivity index (χ4v) is 3.82. The van der Waals surface area contributed by atoms with E-state index in [1.54, 1.807) is 6.92 Å². The lowest BCUT2D eigenvalue weighted by Gasteiger charge is -2.05. The van der Waals surface area contributed by atoms with Gasteiger partial charge in [0.1, 0.15) is 10.7 Å². The Morgan fingerprint density at radius 1 is 1.39 bits per heavy atom. The van der Waals surface area contributed by atoms with Gasteiger partial charge in [0.2, 0.25) is 0 Å². The van der Waals surface area contributed by atoms with E-state index in [1.807, 2.05) is 35.7 Å². The van der Waals surface area contributed by atoms with Crippen LogP contribution in [0, 0.1) is 0 Å². The molecule has 0 radical (unpaired) electrons. The SMILES string of the molecule is CC(SCc1nc2scc(-c3ccccc3)c2c(=O)[nH]1)C(=O)O. The molecule has 0 fully saturated rings. The number of nitrogens with zero attached hydrogens (tertiary/aromatic N) is 1. The van der Waals surface area contributed by atoms with E-state index in [0.717, 1.165) is 11.1 Å². The van der Waals surface area contributed by atoms with Crippen molar-refractivity contribution in [3.8, 4) is 11.1 Å². The first-order valence-electron chi connectivity index (χ1n) is 6.96. The molecule has 23 heavy (non-hydrogen) atoms. The van der Waals surface area contributed by atoms with E-state index in [2.05, 4.69) is 9.97 Å². The third kappa shape index (κ3) is 3.30. The molecule has 0 aliphatic carbocycles. The maximum atomic E-state index is 12.4. The number of aliphatic carboxylic acids is 1. The Bertz CT molecular complexity index is 903. The summed E-state index contributed by atoms with van der Waals surface area (Å²) >= 11 is 2.65. The summed E-state index contributed by atoms with van der Waals surface area (Å²) in [5.41, 5.74) is 1.67. The molecule has 0 aliphatic rings. The van der Waals surface area contributed by atoms with Gasteiger partial charge in [-0.05, 0) is 12.5 Å². The van der Waals surface area contributed by atoms with E-state index in [9.17, 15) is 9.59 Å². The zero-order valence-electron chi connectivity index (χ0n) is 12.3. The van der Waals surface area contributed by atoms with Gasteiger partial charge >= 0.3 is 5.97 Å². The largest absolute Gasteiger partial charge is 0.480 e. The molecule has 1 atom stereocenters. The molecule has 2 aromatic heterocycles. The number of benzene rings is 1. The molecule has 7 heteroatoms. The quantitative estimate of drug-likeness (QED) is 0.740. The molecule has 118 valence electrons. The lowest BCUT2D eigenvalue weighted by atomic mass is 10.1. The second-order valence-corrected chi connectivity index (χ2v) is 7.19. The van der Waals surface area contributed by atoms with E-state index in [1.165, 1.54) is 23.1 Å². The summed E-state index contributed by atoms with van der Waals surface area (Å²) in [7, 11) is 0. The lowest BCUT2D eigenvalue weighted by Crippen LogP contribution is -2.14. The minimum absolute atomic E-state index is 0.186. The highest BCUT2D eigenvalue weighted by Crippen LogP contribution is 2.30. The Morgan fingerprint density at radius 3 is 2.83 bits per heavy atom. The number of rotatable bonds is 5. The predicted molar refractivity (Wildman–Crippen MR) is 94.1 cm³/mol. The van der Waals surface area contributed by atoms with Crippen molar-refractivity contribution in [1.29, 1.82) is 0 Å². The second-order valence-electron chi connectivity index (χ2n) is 5.00. The van der Waals surface area contributed by atoms with E-state index in [0.29, 0.717) is 21.8 Å². The van der Waals surface area contributed by atoms with Crippen LogP contribution in [0.3, 0.4) is 0 Å². The molecule has 1 unspecified atom stereocenters. The number of aromatic amines is 1. The highest BCUT2D eigenvalue weighted by molar-refractivity contribution is 7.99. The smallest absolute Gasteiger partial charge is 0.316 e. The average Bonchev–Trinajstić information content (AvgIpc) is 2.98. The molecule has 3 aromatic rings. The van der Waals surface area contributed by atoms with Gasteiger partial charge in [-0.3, -0.25) is 9.59 Å². The number of carbonyl (C=O) groups is 1. The number of fused-ring (bicyclic) bond motifs is 1. The van der Waals surface area contributed by atoms with Gasteiger partial charge in [-0.1, -0.05) is 30.3 Å². The summed E-state index contributed by atoms with van der Waals surface area (Å²) in [5.74, 6) is -0.0139. The van der Waals surface area contributed by atoms with Gasteiger partial charge in [0.15, 0.2) is 0 Å². The molecule has 5 nitrogen and oxygen atoms in total. The van der Waals surface area contributed by atoms with E-state index in [4.69, 9.17) is 5.11 Å². The normalized spacial score (nSPS) is 12.4. The molecule has 2 heterocycles. The van der Waals surface area contributed by atoms with Gasteiger partial charge in [-0.2, -0.15) is 0 Å². The standard InChI is InChI=1S/C16H14N2O3S2/c1-9(16(20)21)22-8-12-17-14(19)13-11(7-23-15(13)18-12)10-5-3-2-4-6-10/h2-7,9H,8H2,1H3,(H,20,21)(H,17,18,19). The number of H-pyrrole nitrogens is 1. The van der Waals surface area contributed by atoms with Crippen LogP contribution in [0.25, 0.3) is 21.3 Å². The maximum Gasteiger partial charge on any atom is 0.316 e. The summed E-state index contributed by atoms with van der Waals surface area (Å²) in [4.78, 5) is 31.2. The van der Waals surface area contributed by atoms with Crippen LogP contribution in [-0.4, -0.2) is 26.3 Å². The van der Waals surface area contributed by atoms with Crippen LogP contribution >= 0.6 is 23.1 Å². The van der Waals surface area contributed by atoms with E-state index in [-0.39, 0.29) is 5.56 Å². The first-order chi connectivity index (χ1) is 11.1. The monoisotopic (exact) mass is 346 g/mol. The third-order valence-corrected chi connectivity index (χ3v) is 5.41. The van der Waals surface area contributed by atoms with Crippen molar-refractivity contribution in [3.63, 3.8) is 0 Å². The van der Waals surface area contributed by atoms with Crippen LogP contribution in [0.5, 0.6) is 0 Å². The van der Waals surface area contributed by atoms with Gasteiger partial charge in [0.25, 0.3) is 5.56 Å². The molecule has 0 bridgehead atoms. The molecule has 0 saturated heterocycles. The number of hydrogen-bond acceptors (Lipinski definition) is 5. The molecule has 0 amide bonds. The Morgan fingerprint density at radius 2 is 2.13 bits per heavy atom. The van der Waals surface area contributed by atoms with E-state index >= 15 is 0 Å². The zero-order chi connectivity index (χ0) is 16.4. The molecule has 3 rings (SSSR count). The highest BCUT2D eigenvalue weighted by Gasteiger charge is 2.15. The van der Waals surface area contributed by atoms with E-state index < -0.39 is 11.2 Å². The van der Waals surface area contributed by atoms with Crippen LogP contribution in [0.4, 0.5) is 0 Å². The van der Waals surface area contributed by atoms with Crippen molar-refractivity contribution < 1.29 is 9.90 Å². The lowest BCUT2D eigenvalue weighted by molar-refractivity contribution is -0.136. The molecule has 2 N–H and O–H groups in total. The van der Waals surface area contributed by atoms with Crippen molar-refractivity contribution in [1.82, 2.24) is 9.97 Å². The van der Waals surface area contributed by atoms with Gasteiger partial charge in [0, 0.05) is 10.9 Å². The van der Waals surface area contributed by atoms with Crippen molar-refractivity contribution in [3.05, 3.63) is 51.9 Å². The zero-order valence-corrected chi connectivity index (χ0v) is 13.9. The van der Waals surface area contributed by atoms with Crippen molar-refractivity contribution in [2.45, 2.75) is 17.9 Å². The molecule has 1 aromatic carbocycles. The van der Waals surface area contributed by atoms with Crippen LogP contribution in [-0.2, 0) is 10.5 Å². The minimum Gasteiger partial charge on any atom is -0.480 e. The summed E-state index contributed by atoms with van der Waals surface area (Å²) in [5, 5.41) is 10.9. The van der Waals surface area contributed by atoms with Crippen molar-refractivity contribution in [2.24, 2.45) is 0 Å². The summed E-state index contributed by atoms with van der Waals surface area (Å²) in [6.45, 7) is 1.61. The Hall–Kier alpha value is -2.12. The summed E-state index contributed by atoms with van der Waals surface area (Å²) in [6.07, 6.45) is 0. The van der Waals surface area contributed by atoms with Crippen LogP contribution in [0.15, 0.2) is 40.5 Å². The third-order valence-electron chi connectivity index (χ3n) is 3.40. The van der Waals surface area contributed by atoms with Crippen LogP contribution < -0.4 is 5.56 Å². The number of carboxylic acid groups (broad SMARTS) is 1. The van der Waals surface area contributed by atoms with Crippen LogP contribution in [0.2, 0.25) is 0 Å². The Kier molecular flexibility index (Phi) is 4.49. The second kappa shape index (κ2) is 6.55. The molecule has 0 aliphatic heterocycles. The molecule has 0 saturated carbocycles. The Labute approximate surface area is 140 Å². The van der Waals surface area contributed by atoms with Crippen molar-refractivity contribution >= 4 is 39.3 Å². The molecular weight excluding hydrogens is 332 g/mol. The molecular formula is C16H14N2O3S2. The minimum atomic E-state index is -0.874. The number of aromatic nitrogens is 2. The van der Waals surface area contributed by atoms with Gasteiger partial charge in [0.05, 0.1) is 16.4 Å². The Balaban J connectivity index is 1.95. The van der Waals surface area contributed by atoms with Crippen LogP contribution in [0.1, 0.15) is 12.7 Å². The first kappa shape index (κ1) is 15.8. The van der Waals surface area contributed by atoms with Gasteiger partial charge in [-0.25, -0.2) is 4.98 Å². The number of carboxylic acids is 1. The van der Waals surface area contributed by atoms with Gasteiger partial charge in [-0.15, -0.1) is 23.1 Å². The number of nitrogens with one attached hydrogen (secondary N) is 1. The summed E-state index contributed by atoms with van der Waals surface area (Å²) < 4.78 is 0. The first-order valence-corrected chi connectivity index (χ1v) is 8.89. The van der Waals surface area contributed by atoms with Gasteiger partial charge < -0.3 is 10.1 Å². The van der Waals surface area contributed by atoms with Crippen molar-refractivity contribution in [2.75, 3.05) is 0 Å². The maximum absolute atomic E-state index is 12.4. The average molecular weight is 346 g/mol. The number of thioether (sulfide) groups is 1.